The Morgan fingerprint density at radius 2 is 1.70 bits per heavy atom. The molecule has 1 heterocycles. The summed E-state index contributed by atoms with van der Waals surface area (Å²) >= 11 is 0. The van der Waals surface area contributed by atoms with Crippen LogP contribution < -0.4 is 15.5 Å². The Kier molecular flexibility index (Phi) is 7.27. The smallest absolute Gasteiger partial charge is 0.225 e. The van der Waals surface area contributed by atoms with Crippen LogP contribution >= 0.6 is 0 Å². The molecule has 0 atom stereocenters. The summed E-state index contributed by atoms with van der Waals surface area (Å²) in [6.07, 6.45) is 10.2. The number of rotatable bonds is 9. The van der Waals surface area contributed by atoms with Crippen LogP contribution in [0, 0.1) is 0 Å². The van der Waals surface area contributed by atoms with Gasteiger partial charge in [0.15, 0.2) is 0 Å². The quantitative estimate of drug-likeness (QED) is 0.633. The van der Waals surface area contributed by atoms with Crippen molar-refractivity contribution in [3.63, 3.8) is 0 Å². The molecule has 0 aliphatic heterocycles. The van der Waals surface area contributed by atoms with E-state index in [1.807, 2.05) is 26.2 Å². The van der Waals surface area contributed by atoms with Crippen LogP contribution in [0.4, 0.5) is 11.8 Å². The number of benzene rings is 1. The fraction of sp³-hybridized carbons (Fsp3) is 0.636. The SMILES string of the molecule is CCCCCCN[C@H]1CC[C@@H](Nc2nc(N(C)C)c3ccccc3n2)CC1. The van der Waals surface area contributed by atoms with Crippen molar-refractivity contribution < 1.29 is 0 Å². The number of hydrogen-bond acceptors (Lipinski definition) is 5. The number of nitrogens with zero attached hydrogens (tertiary/aromatic N) is 3. The Morgan fingerprint density at radius 3 is 2.44 bits per heavy atom. The maximum Gasteiger partial charge on any atom is 0.225 e. The van der Waals surface area contributed by atoms with Gasteiger partial charge < -0.3 is 15.5 Å². The van der Waals surface area contributed by atoms with Crippen molar-refractivity contribution in [2.24, 2.45) is 0 Å². The molecule has 1 aliphatic rings. The van der Waals surface area contributed by atoms with Crippen molar-refractivity contribution in [3.05, 3.63) is 24.3 Å². The monoisotopic (exact) mass is 369 g/mol. The Bertz CT molecular complexity index is 707. The number of nitrogens with one attached hydrogen (secondary N) is 2. The van der Waals surface area contributed by atoms with Gasteiger partial charge in [-0.3, -0.25) is 0 Å². The molecule has 5 nitrogen and oxygen atoms in total. The molecule has 2 aromatic rings. The molecule has 0 spiro atoms. The van der Waals surface area contributed by atoms with E-state index in [9.17, 15) is 0 Å². The van der Waals surface area contributed by atoms with E-state index >= 15 is 0 Å². The number of fused-ring (bicyclic) bond motifs is 1. The molecule has 0 amide bonds. The summed E-state index contributed by atoms with van der Waals surface area (Å²) in [5.74, 6) is 1.74. The summed E-state index contributed by atoms with van der Waals surface area (Å²) < 4.78 is 0. The molecular weight excluding hydrogens is 334 g/mol. The summed E-state index contributed by atoms with van der Waals surface area (Å²) in [5, 5.41) is 8.44. The number of para-hydroxylation sites is 1. The number of anilines is 2. The van der Waals surface area contributed by atoms with Crippen molar-refractivity contribution in [1.29, 1.82) is 0 Å². The van der Waals surface area contributed by atoms with Gasteiger partial charge in [0, 0.05) is 31.6 Å². The minimum absolute atomic E-state index is 0.472. The summed E-state index contributed by atoms with van der Waals surface area (Å²) in [6.45, 7) is 3.44. The van der Waals surface area contributed by atoms with Gasteiger partial charge in [-0.05, 0) is 50.8 Å². The number of unbranched alkanes of at least 4 members (excludes halogenated alkanes) is 3. The molecule has 1 aromatic heterocycles. The molecule has 1 aromatic carbocycles. The molecule has 0 bridgehead atoms. The van der Waals surface area contributed by atoms with Crippen LogP contribution in [-0.4, -0.2) is 42.7 Å². The van der Waals surface area contributed by atoms with Crippen LogP contribution in [-0.2, 0) is 0 Å². The van der Waals surface area contributed by atoms with Crippen LogP contribution in [0.15, 0.2) is 24.3 Å². The van der Waals surface area contributed by atoms with Gasteiger partial charge in [0.05, 0.1) is 5.52 Å². The predicted octanol–water partition coefficient (Wildman–Crippen LogP) is 4.59. The second-order valence-corrected chi connectivity index (χ2v) is 7.99. The zero-order valence-corrected chi connectivity index (χ0v) is 17.2. The second-order valence-electron chi connectivity index (χ2n) is 7.99. The first-order valence-corrected chi connectivity index (χ1v) is 10.6. The van der Waals surface area contributed by atoms with Crippen LogP contribution in [0.25, 0.3) is 10.9 Å². The van der Waals surface area contributed by atoms with Crippen molar-refractivity contribution in [3.8, 4) is 0 Å². The molecule has 0 saturated heterocycles. The third-order valence-electron chi connectivity index (χ3n) is 5.53. The Labute approximate surface area is 164 Å². The lowest BCUT2D eigenvalue weighted by molar-refractivity contribution is 0.351. The van der Waals surface area contributed by atoms with Gasteiger partial charge in [-0.25, -0.2) is 4.98 Å². The normalized spacial score (nSPS) is 20.0. The molecule has 27 heavy (non-hydrogen) atoms. The third kappa shape index (κ3) is 5.55. The lowest BCUT2D eigenvalue weighted by Gasteiger charge is -2.30. The third-order valence-corrected chi connectivity index (χ3v) is 5.53. The lowest BCUT2D eigenvalue weighted by atomic mass is 9.91. The highest BCUT2D eigenvalue weighted by Crippen LogP contribution is 2.26. The van der Waals surface area contributed by atoms with Crippen LogP contribution in [0.2, 0.25) is 0 Å². The van der Waals surface area contributed by atoms with E-state index in [1.54, 1.807) is 0 Å². The summed E-state index contributed by atoms with van der Waals surface area (Å²) in [7, 11) is 4.08. The second kappa shape index (κ2) is 9.88. The first-order chi connectivity index (χ1) is 13.2. The average molecular weight is 370 g/mol. The maximum absolute atomic E-state index is 4.78. The number of hydrogen-bond donors (Lipinski definition) is 2. The van der Waals surface area contributed by atoms with E-state index in [0.29, 0.717) is 12.1 Å². The first-order valence-electron chi connectivity index (χ1n) is 10.6. The fourth-order valence-electron chi connectivity index (χ4n) is 3.95. The van der Waals surface area contributed by atoms with Gasteiger partial charge in [0.1, 0.15) is 5.82 Å². The topological polar surface area (TPSA) is 53.1 Å². The van der Waals surface area contributed by atoms with Gasteiger partial charge in [0.2, 0.25) is 5.95 Å². The number of aromatic nitrogens is 2. The minimum Gasteiger partial charge on any atom is -0.362 e. The first kappa shape index (κ1) is 19.9. The van der Waals surface area contributed by atoms with E-state index in [2.05, 4.69) is 34.6 Å². The fourth-order valence-corrected chi connectivity index (χ4v) is 3.95. The summed E-state index contributed by atoms with van der Waals surface area (Å²) in [4.78, 5) is 11.6. The molecule has 1 fully saturated rings. The Balaban J connectivity index is 1.53. The van der Waals surface area contributed by atoms with E-state index in [-0.39, 0.29) is 0 Å². The van der Waals surface area contributed by atoms with Gasteiger partial charge >= 0.3 is 0 Å². The molecule has 3 rings (SSSR count). The Morgan fingerprint density at radius 1 is 0.963 bits per heavy atom. The molecular formula is C22H35N5. The van der Waals surface area contributed by atoms with E-state index < -0.39 is 0 Å². The average Bonchev–Trinajstić information content (AvgIpc) is 2.68. The van der Waals surface area contributed by atoms with Gasteiger partial charge in [-0.15, -0.1) is 0 Å². The molecule has 1 aliphatic carbocycles. The highest BCUT2D eigenvalue weighted by atomic mass is 15.2. The van der Waals surface area contributed by atoms with Crippen LogP contribution in [0.3, 0.4) is 0 Å². The lowest BCUT2D eigenvalue weighted by Crippen LogP contribution is -2.37. The van der Waals surface area contributed by atoms with Gasteiger partial charge in [0.25, 0.3) is 0 Å². The standard InChI is InChI=1S/C22H35N5/c1-4-5-6-9-16-23-17-12-14-18(15-13-17)24-22-25-20-11-8-7-10-19(20)21(26-22)27(2)3/h7-8,10-11,17-18,23H,4-6,9,12-16H2,1-3H3,(H,24,25,26)/t17-,18+. The van der Waals surface area contributed by atoms with Crippen molar-refractivity contribution in [2.75, 3.05) is 30.9 Å². The minimum atomic E-state index is 0.472. The largest absolute Gasteiger partial charge is 0.362 e. The maximum atomic E-state index is 4.78. The highest BCUT2D eigenvalue weighted by Gasteiger charge is 2.21. The van der Waals surface area contributed by atoms with Crippen molar-refractivity contribution in [1.82, 2.24) is 15.3 Å². The van der Waals surface area contributed by atoms with Crippen molar-refractivity contribution >= 4 is 22.7 Å². The molecule has 148 valence electrons. The van der Waals surface area contributed by atoms with Crippen LogP contribution in [0.1, 0.15) is 58.3 Å². The van der Waals surface area contributed by atoms with Crippen molar-refractivity contribution in [2.45, 2.75) is 70.4 Å². The molecule has 2 N–H and O–H groups in total. The Hall–Kier alpha value is -1.88. The molecule has 1 saturated carbocycles. The van der Waals surface area contributed by atoms with Gasteiger partial charge in [-0.2, -0.15) is 4.98 Å². The van der Waals surface area contributed by atoms with Gasteiger partial charge in [-0.1, -0.05) is 38.3 Å². The zero-order chi connectivity index (χ0) is 19.1. The molecule has 5 heteroatoms. The van der Waals surface area contributed by atoms with E-state index in [1.165, 1.54) is 57.9 Å². The molecule has 0 unspecified atom stereocenters. The summed E-state index contributed by atoms with van der Waals surface area (Å²) in [5.41, 5.74) is 1.00. The van der Waals surface area contributed by atoms with E-state index in [0.717, 1.165) is 22.7 Å². The van der Waals surface area contributed by atoms with E-state index in [4.69, 9.17) is 9.97 Å². The van der Waals surface area contributed by atoms with Crippen LogP contribution in [0.5, 0.6) is 0 Å². The summed E-state index contributed by atoms with van der Waals surface area (Å²) in [6, 6.07) is 9.39. The zero-order valence-electron chi connectivity index (χ0n) is 17.2. The molecule has 0 radical (unpaired) electrons. The highest BCUT2D eigenvalue weighted by molar-refractivity contribution is 5.90. The predicted molar refractivity (Wildman–Crippen MR) is 116 cm³/mol.